The van der Waals surface area contributed by atoms with Crippen molar-refractivity contribution < 1.29 is 5.21 Å². The first-order valence-electron chi connectivity index (χ1n) is 7.15. The normalized spacial score (nSPS) is 13.4. The first kappa shape index (κ1) is 15.2. The number of benzene rings is 2. The summed E-state index contributed by atoms with van der Waals surface area (Å²) >= 11 is 6.06. The van der Waals surface area contributed by atoms with Crippen LogP contribution in [0.5, 0.6) is 0 Å². The Bertz CT molecular complexity index is 845. The van der Waals surface area contributed by atoms with Crippen LogP contribution in [0.2, 0.25) is 0 Å². The lowest BCUT2D eigenvalue weighted by molar-refractivity contribution is -0.0854. The number of hydroxylamine groups is 1. The molecule has 2 N–H and O–H groups in total. The van der Waals surface area contributed by atoms with Crippen LogP contribution in [0.15, 0.2) is 71.5 Å². The molecule has 0 bridgehead atoms. The Hall–Kier alpha value is -2.67. The fourth-order valence-corrected chi connectivity index (χ4v) is 2.56. The maximum atomic E-state index is 9.75. The van der Waals surface area contributed by atoms with E-state index in [0.717, 1.165) is 27.4 Å². The summed E-state index contributed by atoms with van der Waals surface area (Å²) in [6.07, 6.45) is 3.18. The highest BCUT2D eigenvalue weighted by Gasteiger charge is 2.11. The topological polar surface area (TPSA) is 35.5 Å². The summed E-state index contributed by atoms with van der Waals surface area (Å²) in [6.45, 7) is 2.04. The molecule has 0 aromatic heterocycles. The molecule has 0 spiro atoms. The van der Waals surface area contributed by atoms with E-state index in [2.05, 4.69) is 35.5 Å². The van der Waals surface area contributed by atoms with Gasteiger partial charge in [-0.25, -0.2) is 0 Å². The van der Waals surface area contributed by atoms with E-state index in [1.807, 2.05) is 37.3 Å². The maximum Gasteiger partial charge on any atom is 0.156 e. The van der Waals surface area contributed by atoms with E-state index in [0.29, 0.717) is 10.7 Å². The average molecular weight is 323 g/mol. The molecule has 0 saturated heterocycles. The first-order valence-corrected chi connectivity index (χ1v) is 7.53. The Morgan fingerprint density at radius 3 is 2.57 bits per heavy atom. The molecule has 1 aliphatic heterocycles. The third-order valence-electron chi connectivity index (χ3n) is 3.60. The van der Waals surface area contributed by atoms with Crippen molar-refractivity contribution in [3.8, 4) is 23.0 Å². The summed E-state index contributed by atoms with van der Waals surface area (Å²) < 4.78 is 0. The second-order valence-electron chi connectivity index (χ2n) is 5.06. The minimum absolute atomic E-state index is 0.318. The number of nitrogens with one attached hydrogen (secondary N) is 1. The van der Waals surface area contributed by atoms with E-state index in [9.17, 15) is 5.21 Å². The van der Waals surface area contributed by atoms with Crippen LogP contribution in [-0.2, 0) is 0 Å². The van der Waals surface area contributed by atoms with Crippen LogP contribution in [0, 0.1) is 18.8 Å². The molecule has 23 heavy (non-hydrogen) atoms. The smallest absolute Gasteiger partial charge is 0.156 e. The number of hydrazine groups is 1. The molecule has 0 fully saturated rings. The van der Waals surface area contributed by atoms with Crippen molar-refractivity contribution in [3.05, 3.63) is 82.7 Å². The van der Waals surface area contributed by atoms with E-state index in [1.54, 1.807) is 6.08 Å². The summed E-state index contributed by atoms with van der Waals surface area (Å²) in [5, 5.41) is 10.9. The molecule has 0 saturated carbocycles. The molecular weight excluding hydrogens is 308 g/mol. The molecule has 2 aromatic carbocycles. The number of allylic oxidation sites excluding steroid dienone is 3. The first-order chi connectivity index (χ1) is 11.2. The number of hydrogen-bond donors (Lipinski definition) is 2. The van der Waals surface area contributed by atoms with Crippen molar-refractivity contribution >= 4 is 11.6 Å². The molecule has 0 aliphatic carbocycles. The summed E-state index contributed by atoms with van der Waals surface area (Å²) in [4.78, 5) is 0. The summed E-state index contributed by atoms with van der Waals surface area (Å²) in [6, 6.07) is 16.2. The molecule has 0 amide bonds. The molecule has 0 atom stereocenters. The Labute approximate surface area is 140 Å². The van der Waals surface area contributed by atoms with Crippen LogP contribution in [0.4, 0.5) is 0 Å². The third-order valence-corrected chi connectivity index (χ3v) is 3.90. The molecule has 4 heteroatoms. The zero-order valence-corrected chi connectivity index (χ0v) is 13.3. The Kier molecular flexibility index (Phi) is 4.38. The van der Waals surface area contributed by atoms with Gasteiger partial charge in [0.1, 0.15) is 0 Å². The van der Waals surface area contributed by atoms with Gasteiger partial charge in [-0.3, -0.25) is 10.6 Å². The van der Waals surface area contributed by atoms with Crippen molar-refractivity contribution in [1.82, 2.24) is 10.6 Å². The van der Waals surface area contributed by atoms with E-state index < -0.39 is 0 Å². The van der Waals surface area contributed by atoms with Gasteiger partial charge in [0, 0.05) is 11.8 Å². The zero-order valence-electron chi connectivity index (χ0n) is 12.5. The molecule has 114 valence electrons. The second-order valence-corrected chi connectivity index (χ2v) is 5.47. The molecule has 1 aliphatic rings. The lowest BCUT2D eigenvalue weighted by Gasteiger charge is -2.19. The van der Waals surface area contributed by atoms with Crippen LogP contribution < -0.4 is 5.43 Å². The van der Waals surface area contributed by atoms with Gasteiger partial charge in [0.2, 0.25) is 0 Å². The monoisotopic (exact) mass is 322 g/mol. The van der Waals surface area contributed by atoms with Gasteiger partial charge in [-0.2, -0.15) is 5.17 Å². The number of halogens is 1. The Morgan fingerprint density at radius 1 is 1.04 bits per heavy atom. The number of rotatable bonds is 1. The van der Waals surface area contributed by atoms with Crippen LogP contribution in [-0.4, -0.2) is 10.4 Å². The van der Waals surface area contributed by atoms with Crippen molar-refractivity contribution in [2.75, 3.05) is 0 Å². The van der Waals surface area contributed by atoms with Crippen LogP contribution in [0.25, 0.3) is 11.1 Å². The molecular formula is C19H15ClN2O. The molecule has 2 aromatic rings. The SMILES string of the molecule is Cc1c(C#CC2=C(Cl)C=CNN2O)cccc1-c1ccccc1. The van der Waals surface area contributed by atoms with Crippen LogP contribution in [0.1, 0.15) is 11.1 Å². The minimum atomic E-state index is 0.318. The van der Waals surface area contributed by atoms with Gasteiger partial charge >= 0.3 is 0 Å². The molecule has 0 radical (unpaired) electrons. The zero-order chi connectivity index (χ0) is 16.2. The van der Waals surface area contributed by atoms with E-state index in [1.165, 1.54) is 6.20 Å². The van der Waals surface area contributed by atoms with E-state index >= 15 is 0 Å². The van der Waals surface area contributed by atoms with Gasteiger partial charge in [-0.15, -0.1) is 0 Å². The summed E-state index contributed by atoms with van der Waals surface area (Å²) in [5.74, 6) is 6.00. The van der Waals surface area contributed by atoms with Crippen molar-refractivity contribution in [3.63, 3.8) is 0 Å². The summed E-state index contributed by atoms with van der Waals surface area (Å²) in [7, 11) is 0. The highest BCUT2D eigenvalue weighted by atomic mass is 35.5. The van der Waals surface area contributed by atoms with Crippen molar-refractivity contribution in [2.45, 2.75) is 6.92 Å². The predicted molar refractivity (Wildman–Crippen MR) is 92.3 cm³/mol. The van der Waals surface area contributed by atoms with Gasteiger partial charge in [-0.05, 0) is 41.7 Å². The van der Waals surface area contributed by atoms with Crippen molar-refractivity contribution in [1.29, 1.82) is 0 Å². The fourth-order valence-electron chi connectivity index (χ4n) is 2.37. The lowest BCUT2D eigenvalue weighted by atomic mass is 9.97. The number of hydrogen-bond acceptors (Lipinski definition) is 3. The second kappa shape index (κ2) is 6.62. The molecule has 3 nitrogen and oxygen atoms in total. The summed E-state index contributed by atoms with van der Waals surface area (Å²) in [5.41, 5.74) is 7.21. The van der Waals surface area contributed by atoms with E-state index in [4.69, 9.17) is 11.6 Å². The van der Waals surface area contributed by atoms with Crippen LogP contribution in [0.3, 0.4) is 0 Å². The molecule has 1 heterocycles. The predicted octanol–water partition coefficient (Wildman–Crippen LogP) is 4.19. The standard InChI is InChI=1S/C19H15ClN2O/c1-14-15(10-11-19-18(20)12-13-21-22(19)23)8-5-9-17(14)16-6-3-2-4-7-16/h2-9,12-13,21,23H,1H3. The van der Waals surface area contributed by atoms with Gasteiger partial charge in [-0.1, -0.05) is 60.0 Å². The quantitative estimate of drug-likeness (QED) is 0.773. The highest BCUT2D eigenvalue weighted by molar-refractivity contribution is 6.31. The maximum absolute atomic E-state index is 9.75. The Balaban J connectivity index is 2.00. The van der Waals surface area contributed by atoms with Crippen molar-refractivity contribution in [2.24, 2.45) is 0 Å². The van der Waals surface area contributed by atoms with Gasteiger partial charge < -0.3 is 0 Å². The number of nitrogens with zero attached hydrogens (tertiary/aromatic N) is 1. The third kappa shape index (κ3) is 3.24. The van der Waals surface area contributed by atoms with Gasteiger partial charge in [0.05, 0.1) is 5.03 Å². The largest absolute Gasteiger partial charge is 0.281 e. The minimum Gasteiger partial charge on any atom is -0.281 e. The average Bonchev–Trinajstić information content (AvgIpc) is 2.56. The van der Waals surface area contributed by atoms with E-state index in [-0.39, 0.29) is 0 Å². The fraction of sp³-hybridized carbons (Fsp3) is 0.0526. The van der Waals surface area contributed by atoms with Gasteiger partial charge in [0.25, 0.3) is 0 Å². The Morgan fingerprint density at radius 2 is 1.83 bits per heavy atom. The van der Waals surface area contributed by atoms with Crippen LogP contribution >= 0.6 is 11.6 Å². The van der Waals surface area contributed by atoms with Gasteiger partial charge in [0.15, 0.2) is 5.70 Å². The lowest BCUT2D eigenvalue weighted by Crippen LogP contribution is -2.32. The molecule has 3 rings (SSSR count). The highest BCUT2D eigenvalue weighted by Crippen LogP contribution is 2.25. The molecule has 0 unspecified atom stereocenters.